The first-order valence-electron chi connectivity index (χ1n) is 9.89. The van der Waals surface area contributed by atoms with Crippen LogP contribution in [0.15, 0.2) is 30.5 Å². The van der Waals surface area contributed by atoms with Gasteiger partial charge in [-0.25, -0.2) is 13.8 Å². The summed E-state index contributed by atoms with van der Waals surface area (Å²) >= 11 is 0. The van der Waals surface area contributed by atoms with Crippen molar-refractivity contribution >= 4 is 17.6 Å². The number of nitrogens with one attached hydrogen (secondary N) is 1. The topological polar surface area (TPSA) is 71.5 Å². The molecule has 2 heterocycles. The van der Waals surface area contributed by atoms with Gasteiger partial charge in [-0.15, -0.1) is 0 Å². The summed E-state index contributed by atoms with van der Waals surface area (Å²) in [7, 11) is 0. The molecule has 0 radical (unpaired) electrons. The Hall–Kier alpha value is -3.03. The molecule has 2 aromatic rings. The monoisotopic (exact) mass is 415 g/mol. The van der Waals surface area contributed by atoms with E-state index in [1.807, 2.05) is 6.07 Å². The van der Waals surface area contributed by atoms with Gasteiger partial charge in [0.05, 0.1) is 6.54 Å². The third-order valence-corrected chi connectivity index (χ3v) is 5.21. The number of pyridine rings is 1. The molecule has 2 aliphatic rings. The smallest absolute Gasteiger partial charge is 0.278 e. The first-order chi connectivity index (χ1) is 14.2. The zero-order valence-electron chi connectivity index (χ0n) is 16.9. The largest absolute Gasteiger partial charge is 0.487 e. The van der Waals surface area contributed by atoms with Crippen molar-refractivity contribution in [2.45, 2.75) is 45.7 Å². The van der Waals surface area contributed by atoms with E-state index in [-0.39, 0.29) is 17.7 Å². The molecular weight excluding hydrogens is 392 g/mol. The standard InChI is InChI=1S/C22H23F2N3O3/c1-13-9-14(3-6-18(13)30-12-22(2,23)24)10-27-11-17-16(21(27)29)7-8-25-19(17)26-20(28)15-4-5-15/h3,6-9,15H,4-5,10-12H2,1-2H3,(H,25,26,28). The number of hydrogen-bond acceptors (Lipinski definition) is 4. The molecule has 1 N–H and O–H groups in total. The van der Waals surface area contributed by atoms with E-state index in [4.69, 9.17) is 4.74 Å². The molecule has 158 valence electrons. The molecule has 1 aromatic heterocycles. The van der Waals surface area contributed by atoms with Crippen LogP contribution in [0, 0.1) is 12.8 Å². The Morgan fingerprint density at radius 1 is 1.33 bits per heavy atom. The van der Waals surface area contributed by atoms with Gasteiger partial charge in [-0.2, -0.15) is 0 Å². The molecule has 30 heavy (non-hydrogen) atoms. The van der Waals surface area contributed by atoms with Gasteiger partial charge >= 0.3 is 0 Å². The highest BCUT2D eigenvalue weighted by atomic mass is 19.3. The van der Waals surface area contributed by atoms with Crippen molar-refractivity contribution in [1.29, 1.82) is 0 Å². The predicted molar refractivity (Wildman–Crippen MR) is 106 cm³/mol. The lowest BCUT2D eigenvalue weighted by molar-refractivity contribution is -0.117. The van der Waals surface area contributed by atoms with Crippen LogP contribution in [0.5, 0.6) is 5.75 Å². The third-order valence-electron chi connectivity index (χ3n) is 5.21. The molecule has 8 heteroatoms. The van der Waals surface area contributed by atoms with E-state index in [0.717, 1.165) is 36.5 Å². The highest BCUT2D eigenvalue weighted by molar-refractivity contribution is 6.01. The number of nitrogens with zero attached hydrogens (tertiary/aromatic N) is 2. The summed E-state index contributed by atoms with van der Waals surface area (Å²) in [6, 6.07) is 6.90. The van der Waals surface area contributed by atoms with Gasteiger partial charge in [0.15, 0.2) is 6.61 Å². The van der Waals surface area contributed by atoms with Gasteiger partial charge in [0, 0.05) is 36.7 Å². The van der Waals surface area contributed by atoms with Gasteiger partial charge < -0.3 is 15.0 Å². The summed E-state index contributed by atoms with van der Waals surface area (Å²) in [5, 5.41) is 2.85. The van der Waals surface area contributed by atoms with Crippen LogP contribution in [0.25, 0.3) is 0 Å². The Labute approximate surface area is 173 Å². The molecule has 1 aliphatic carbocycles. The number of benzene rings is 1. The molecule has 0 unspecified atom stereocenters. The van der Waals surface area contributed by atoms with Crippen LogP contribution in [0.4, 0.5) is 14.6 Å². The molecule has 1 fully saturated rings. The normalized spacial score (nSPS) is 15.9. The van der Waals surface area contributed by atoms with Crippen molar-refractivity contribution in [3.05, 3.63) is 52.7 Å². The zero-order chi connectivity index (χ0) is 21.5. The SMILES string of the molecule is Cc1cc(CN2Cc3c(ccnc3NC(=O)C3CC3)C2=O)ccc1OCC(C)(F)F. The second kappa shape index (κ2) is 7.66. The Morgan fingerprint density at radius 3 is 2.77 bits per heavy atom. The lowest BCUT2D eigenvalue weighted by Gasteiger charge is -2.18. The van der Waals surface area contributed by atoms with Gasteiger partial charge in [-0.1, -0.05) is 12.1 Å². The molecule has 1 aliphatic heterocycles. The Balaban J connectivity index is 1.46. The van der Waals surface area contributed by atoms with E-state index in [1.54, 1.807) is 30.0 Å². The number of anilines is 1. The van der Waals surface area contributed by atoms with Crippen LogP contribution in [0.1, 0.15) is 46.8 Å². The fourth-order valence-electron chi connectivity index (χ4n) is 3.48. The number of amides is 2. The molecule has 1 aromatic carbocycles. The average Bonchev–Trinajstić information content (AvgIpc) is 3.47. The number of ether oxygens (including phenoxy) is 1. The maximum absolute atomic E-state index is 13.0. The number of hydrogen-bond donors (Lipinski definition) is 1. The number of carbonyl (C=O) groups excluding carboxylic acids is 2. The van der Waals surface area contributed by atoms with Gasteiger partial charge in [0.1, 0.15) is 11.6 Å². The van der Waals surface area contributed by atoms with Gasteiger partial charge in [-0.05, 0) is 43.0 Å². The highest BCUT2D eigenvalue weighted by Crippen LogP contribution is 2.33. The Morgan fingerprint density at radius 2 is 2.10 bits per heavy atom. The first kappa shape index (κ1) is 20.3. The maximum atomic E-state index is 13.0. The van der Waals surface area contributed by atoms with Crippen molar-refractivity contribution in [2.75, 3.05) is 11.9 Å². The maximum Gasteiger partial charge on any atom is 0.278 e. The number of aryl methyl sites for hydroxylation is 1. The summed E-state index contributed by atoms with van der Waals surface area (Å²) < 4.78 is 31.2. The molecular formula is C22H23F2N3O3. The lowest BCUT2D eigenvalue weighted by atomic mass is 10.1. The molecule has 0 atom stereocenters. The van der Waals surface area contributed by atoms with Crippen LogP contribution >= 0.6 is 0 Å². The zero-order valence-corrected chi connectivity index (χ0v) is 16.9. The van der Waals surface area contributed by atoms with Gasteiger partial charge in [-0.3, -0.25) is 9.59 Å². The van der Waals surface area contributed by atoms with Crippen molar-refractivity contribution in [3.63, 3.8) is 0 Å². The highest BCUT2D eigenvalue weighted by Gasteiger charge is 2.33. The van der Waals surface area contributed by atoms with Crippen LogP contribution in [0.2, 0.25) is 0 Å². The van der Waals surface area contributed by atoms with Crippen LogP contribution < -0.4 is 10.1 Å². The third kappa shape index (κ3) is 4.42. The number of carbonyl (C=O) groups is 2. The van der Waals surface area contributed by atoms with E-state index in [0.29, 0.717) is 30.2 Å². The lowest BCUT2D eigenvalue weighted by Crippen LogP contribution is -2.23. The van der Waals surface area contributed by atoms with Crippen LogP contribution in [0.3, 0.4) is 0 Å². The second-order valence-electron chi connectivity index (χ2n) is 8.07. The van der Waals surface area contributed by atoms with Gasteiger partial charge in [0.2, 0.25) is 5.91 Å². The minimum atomic E-state index is -2.90. The fourth-order valence-corrected chi connectivity index (χ4v) is 3.48. The molecule has 2 amide bonds. The van der Waals surface area contributed by atoms with E-state index in [2.05, 4.69) is 10.3 Å². The van der Waals surface area contributed by atoms with Crippen LogP contribution in [-0.2, 0) is 17.9 Å². The second-order valence-corrected chi connectivity index (χ2v) is 8.07. The fraction of sp³-hybridized carbons (Fsp3) is 0.409. The van der Waals surface area contributed by atoms with E-state index in [1.165, 1.54) is 6.20 Å². The minimum Gasteiger partial charge on any atom is -0.487 e. The van der Waals surface area contributed by atoms with E-state index >= 15 is 0 Å². The molecule has 6 nitrogen and oxygen atoms in total. The van der Waals surface area contributed by atoms with E-state index in [9.17, 15) is 18.4 Å². The number of aromatic nitrogens is 1. The molecule has 4 rings (SSSR count). The summed E-state index contributed by atoms with van der Waals surface area (Å²) in [6.45, 7) is 2.61. The molecule has 0 bridgehead atoms. The predicted octanol–water partition coefficient (Wildman–Crippen LogP) is 3.93. The van der Waals surface area contributed by atoms with Gasteiger partial charge in [0.25, 0.3) is 11.8 Å². The molecule has 1 saturated carbocycles. The van der Waals surface area contributed by atoms with Crippen molar-refractivity contribution in [1.82, 2.24) is 9.88 Å². The molecule has 0 spiro atoms. The summed E-state index contributed by atoms with van der Waals surface area (Å²) in [4.78, 5) is 30.9. The number of rotatable bonds is 7. The number of alkyl halides is 2. The van der Waals surface area contributed by atoms with Crippen molar-refractivity contribution < 1.29 is 23.1 Å². The minimum absolute atomic E-state index is 0.0484. The van der Waals surface area contributed by atoms with Crippen LogP contribution in [-0.4, -0.2) is 34.2 Å². The van der Waals surface area contributed by atoms with Crippen molar-refractivity contribution in [3.8, 4) is 5.75 Å². The summed E-state index contributed by atoms with van der Waals surface area (Å²) in [5.74, 6) is -2.19. The quantitative estimate of drug-likeness (QED) is 0.744. The summed E-state index contributed by atoms with van der Waals surface area (Å²) in [6.07, 6.45) is 3.31. The summed E-state index contributed by atoms with van der Waals surface area (Å²) in [5.41, 5.74) is 2.84. The van der Waals surface area contributed by atoms with Crippen molar-refractivity contribution in [2.24, 2.45) is 5.92 Å². The number of fused-ring (bicyclic) bond motifs is 1. The number of halogens is 2. The van der Waals surface area contributed by atoms with E-state index < -0.39 is 12.5 Å². The average molecular weight is 415 g/mol. The Kier molecular flexibility index (Phi) is 5.17. The Bertz CT molecular complexity index is 1000. The first-order valence-corrected chi connectivity index (χ1v) is 9.89. The molecule has 0 saturated heterocycles.